The van der Waals surface area contributed by atoms with Crippen LogP contribution in [0.25, 0.3) is 11.1 Å². The van der Waals surface area contributed by atoms with E-state index in [9.17, 15) is 0 Å². The van der Waals surface area contributed by atoms with Crippen molar-refractivity contribution in [1.29, 1.82) is 0 Å². The third-order valence-corrected chi connectivity index (χ3v) is 4.28. The van der Waals surface area contributed by atoms with E-state index in [2.05, 4.69) is 29.6 Å². The first-order valence-electron chi connectivity index (χ1n) is 7.30. The number of hydrogen-bond donors (Lipinski definition) is 1. The van der Waals surface area contributed by atoms with Crippen molar-refractivity contribution in [3.63, 3.8) is 0 Å². The molecular formula is C18H21NO2. The van der Waals surface area contributed by atoms with Gasteiger partial charge in [-0.15, -0.1) is 0 Å². The number of benzene rings is 2. The molecule has 0 bridgehead atoms. The molecule has 0 fully saturated rings. The van der Waals surface area contributed by atoms with E-state index in [1.807, 2.05) is 19.2 Å². The van der Waals surface area contributed by atoms with Gasteiger partial charge in [0.2, 0.25) is 0 Å². The Morgan fingerprint density at radius 3 is 2.67 bits per heavy atom. The average molecular weight is 283 g/mol. The molecule has 0 amide bonds. The third kappa shape index (κ3) is 2.38. The van der Waals surface area contributed by atoms with E-state index in [-0.39, 0.29) is 0 Å². The molecule has 0 saturated carbocycles. The molecule has 0 heterocycles. The number of rotatable bonds is 4. The van der Waals surface area contributed by atoms with Crippen LogP contribution in [-0.2, 0) is 6.42 Å². The van der Waals surface area contributed by atoms with E-state index >= 15 is 0 Å². The van der Waals surface area contributed by atoms with Crippen molar-refractivity contribution in [2.45, 2.75) is 18.9 Å². The molecule has 3 heteroatoms. The summed E-state index contributed by atoms with van der Waals surface area (Å²) in [6.45, 7) is 0. The zero-order valence-corrected chi connectivity index (χ0v) is 12.8. The molecule has 0 spiro atoms. The maximum absolute atomic E-state index is 5.55. The Bertz CT molecular complexity index is 652. The van der Waals surface area contributed by atoms with E-state index in [1.54, 1.807) is 14.2 Å². The molecule has 110 valence electrons. The first-order valence-corrected chi connectivity index (χ1v) is 7.30. The Balaban J connectivity index is 2.06. The van der Waals surface area contributed by atoms with Crippen LogP contribution < -0.4 is 14.8 Å². The van der Waals surface area contributed by atoms with Crippen LogP contribution in [0.3, 0.4) is 0 Å². The molecule has 0 aliphatic heterocycles. The lowest BCUT2D eigenvalue weighted by Crippen LogP contribution is -2.12. The Morgan fingerprint density at radius 1 is 1.10 bits per heavy atom. The Morgan fingerprint density at radius 2 is 1.95 bits per heavy atom. The summed E-state index contributed by atoms with van der Waals surface area (Å²) in [5.74, 6) is 1.56. The highest BCUT2D eigenvalue weighted by molar-refractivity contribution is 5.74. The maximum Gasteiger partial charge on any atom is 0.168 e. The molecule has 0 radical (unpaired) electrons. The molecule has 3 nitrogen and oxygen atoms in total. The van der Waals surface area contributed by atoms with Gasteiger partial charge in [0.15, 0.2) is 11.5 Å². The van der Waals surface area contributed by atoms with E-state index in [0.29, 0.717) is 6.04 Å². The van der Waals surface area contributed by atoms with Crippen molar-refractivity contribution < 1.29 is 9.47 Å². The molecule has 1 aliphatic carbocycles. The van der Waals surface area contributed by atoms with Gasteiger partial charge in [0.1, 0.15) is 0 Å². The van der Waals surface area contributed by atoms with Crippen LogP contribution in [0.4, 0.5) is 0 Å². The summed E-state index contributed by atoms with van der Waals surface area (Å²) >= 11 is 0. The van der Waals surface area contributed by atoms with Crippen molar-refractivity contribution in [1.82, 2.24) is 5.32 Å². The van der Waals surface area contributed by atoms with Gasteiger partial charge in [0.25, 0.3) is 0 Å². The molecular weight excluding hydrogens is 262 g/mol. The molecule has 0 saturated heterocycles. The van der Waals surface area contributed by atoms with Crippen molar-refractivity contribution in [3.8, 4) is 22.6 Å². The lowest BCUT2D eigenvalue weighted by molar-refractivity contribution is 0.356. The first kappa shape index (κ1) is 14.0. The number of fused-ring (bicyclic) bond motifs is 1. The molecule has 0 aromatic heterocycles. The SMILES string of the molecule is CNC1CCc2cc(-c3cccc(OC)c3OC)ccc21. The van der Waals surface area contributed by atoms with Gasteiger partial charge in [-0.1, -0.05) is 30.3 Å². The second-order valence-electron chi connectivity index (χ2n) is 5.33. The standard InChI is InChI=1S/C18H21NO2/c1-19-16-10-8-12-11-13(7-9-14(12)16)15-5-4-6-17(20-2)18(15)21-3/h4-7,9,11,16,19H,8,10H2,1-3H3. The highest BCUT2D eigenvalue weighted by atomic mass is 16.5. The summed E-state index contributed by atoms with van der Waals surface area (Å²) in [5, 5.41) is 3.38. The fourth-order valence-electron chi connectivity index (χ4n) is 3.20. The molecule has 21 heavy (non-hydrogen) atoms. The van der Waals surface area contributed by atoms with Gasteiger partial charge in [-0.2, -0.15) is 0 Å². The van der Waals surface area contributed by atoms with Gasteiger partial charge < -0.3 is 14.8 Å². The summed E-state index contributed by atoms with van der Waals surface area (Å²) in [6, 6.07) is 13.2. The number of ether oxygens (including phenoxy) is 2. The molecule has 3 rings (SSSR count). The van der Waals surface area contributed by atoms with Crippen molar-refractivity contribution in [3.05, 3.63) is 47.5 Å². The zero-order chi connectivity index (χ0) is 14.8. The molecule has 1 N–H and O–H groups in total. The zero-order valence-electron chi connectivity index (χ0n) is 12.8. The normalized spacial score (nSPS) is 16.6. The predicted molar refractivity (Wildman–Crippen MR) is 85.1 cm³/mol. The van der Waals surface area contributed by atoms with Crippen LogP contribution in [0.5, 0.6) is 11.5 Å². The van der Waals surface area contributed by atoms with Crippen LogP contribution >= 0.6 is 0 Å². The van der Waals surface area contributed by atoms with Crippen LogP contribution in [0, 0.1) is 0 Å². The predicted octanol–water partition coefficient (Wildman–Crippen LogP) is 3.58. The first-order chi connectivity index (χ1) is 10.3. The van der Waals surface area contributed by atoms with Crippen molar-refractivity contribution in [2.75, 3.05) is 21.3 Å². The van der Waals surface area contributed by atoms with E-state index in [1.165, 1.54) is 23.1 Å². The minimum Gasteiger partial charge on any atom is -0.493 e. The molecule has 2 aromatic carbocycles. The molecule has 1 unspecified atom stereocenters. The van der Waals surface area contributed by atoms with E-state index < -0.39 is 0 Å². The molecule has 1 aliphatic rings. The summed E-state index contributed by atoms with van der Waals surface area (Å²) < 4.78 is 10.9. The van der Waals surface area contributed by atoms with Crippen molar-refractivity contribution in [2.24, 2.45) is 0 Å². The molecule has 1 atom stereocenters. The van der Waals surface area contributed by atoms with Gasteiger partial charge in [0, 0.05) is 11.6 Å². The number of aryl methyl sites for hydroxylation is 1. The molecule has 2 aromatic rings. The Kier molecular flexibility index (Phi) is 3.84. The fourth-order valence-corrected chi connectivity index (χ4v) is 3.20. The minimum atomic E-state index is 0.487. The highest BCUT2D eigenvalue weighted by Crippen LogP contribution is 2.40. The second-order valence-corrected chi connectivity index (χ2v) is 5.33. The minimum absolute atomic E-state index is 0.487. The van der Waals surface area contributed by atoms with Crippen LogP contribution in [0.1, 0.15) is 23.6 Å². The highest BCUT2D eigenvalue weighted by Gasteiger charge is 2.22. The Labute approximate surface area is 125 Å². The quantitative estimate of drug-likeness (QED) is 0.930. The lowest BCUT2D eigenvalue weighted by Gasteiger charge is -2.14. The number of hydrogen-bond acceptors (Lipinski definition) is 3. The third-order valence-electron chi connectivity index (χ3n) is 4.28. The maximum atomic E-state index is 5.55. The second kappa shape index (κ2) is 5.78. The van der Waals surface area contributed by atoms with Gasteiger partial charge in [0.05, 0.1) is 14.2 Å². The van der Waals surface area contributed by atoms with E-state index in [4.69, 9.17) is 9.47 Å². The van der Waals surface area contributed by atoms with Gasteiger partial charge >= 0.3 is 0 Å². The largest absolute Gasteiger partial charge is 0.493 e. The lowest BCUT2D eigenvalue weighted by atomic mass is 9.99. The Hall–Kier alpha value is -2.00. The van der Waals surface area contributed by atoms with Crippen LogP contribution in [0.2, 0.25) is 0 Å². The fraction of sp³-hybridized carbons (Fsp3) is 0.333. The smallest absolute Gasteiger partial charge is 0.168 e. The van der Waals surface area contributed by atoms with E-state index in [0.717, 1.165) is 23.5 Å². The van der Waals surface area contributed by atoms with Gasteiger partial charge in [-0.3, -0.25) is 0 Å². The van der Waals surface area contributed by atoms with Gasteiger partial charge in [-0.25, -0.2) is 0 Å². The summed E-state index contributed by atoms with van der Waals surface area (Å²) in [4.78, 5) is 0. The summed E-state index contributed by atoms with van der Waals surface area (Å²) in [6.07, 6.45) is 2.30. The van der Waals surface area contributed by atoms with Crippen LogP contribution in [0.15, 0.2) is 36.4 Å². The monoisotopic (exact) mass is 283 g/mol. The van der Waals surface area contributed by atoms with Crippen LogP contribution in [-0.4, -0.2) is 21.3 Å². The van der Waals surface area contributed by atoms with Gasteiger partial charge in [-0.05, 0) is 42.6 Å². The number of para-hydroxylation sites is 1. The van der Waals surface area contributed by atoms with Crippen molar-refractivity contribution >= 4 is 0 Å². The topological polar surface area (TPSA) is 30.5 Å². The summed E-state index contributed by atoms with van der Waals surface area (Å²) in [7, 11) is 5.38. The number of nitrogens with one attached hydrogen (secondary N) is 1. The summed E-state index contributed by atoms with van der Waals surface area (Å²) in [5.41, 5.74) is 5.11. The number of methoxy groups -OCH3 is 2. The average Bonchev–Trinajstić information content (AvgIpc) is 2.96.